The van der Waals surface area contributed by atoms with Gasteiger partial charge in [0, 0.05) is 23.9 Å². The molecule has 5 rings (SSSR count). The van der Waals surface area contributed by atoms with Gasteiger partial charge in [0.15, 0.2) is 0 Å². The third kappa shape index (κ3) is 3.68. The number of ether oxygens (including phenoxy) is 1. The molecule has 2 aromatic carbocycles. The second-order valence-corrected chi connectivity index (χ2v) is 7.93. The second kappa shape index (κ2) is 8.28. The molecule has 30 heavy (non-hydrogen) atoms. The van der Waals surface area contributed by atoms with Gasteiger partial charge >= 0.3 is 0 Å². The molecule has 0 unspecified atom stereocenters. The van der Waals surface area contributed by atoms with Crippen LogP contribution in [0.4, 0.5) is 0 Å². The van der Waals surface area contributed by atoms with Crippen LogP contribution in [0.3, 0.4) is 0 Å². The van der Waals surface area contributed by atoms with Crippen molar-refractivity contribution in [2.24, 2.45) is 0 Å². The molecule has 0 bridgehead atoms. The first kappa shape index (κ1) is 18.8. The summed E-state index contributed by atoms with van der Waals surface area (Å²) >= 11 is 0. The summed E-state index contributed by atoms with van der Waals surface area (Å²) in [6.45, 7) is 1.96. The van der Waals surface area contributed by atoms with E-state index < -0.39 is 0 Å². The molecule has 0 amide bonds. The van der Waals surface area contributed by atoms with Gasteiger partial charge in [0.1, 0.15) is 5.75 Å². The van der Waals surface area contributed by atoms with Crippen LogP contribution in [0, 0.1) is 0 Å². The monoisotopic (exact) mass is 398 g/mol. The van der Waals surface area contributed by atoms with E-state index in [-0.39, 0.29) is 0 Å². The zero-order chi connectivity index (χ0) is 20.3. The summed E-state index contributed by atoms with van der Waals surface area (Å²) in [5.41, 5.74) is 4.65. The van der Waals surface area contributed by atoms with E-state index in [4.69, 9.17) is 4.74 Å². The van der Waals surface area contributed by atoms with Gasteiger partial charge in [-0.25, -0.2) is 0 Å². The highest BCUT2D eigenvalue weighted by Crippen LogP contribution is 2.33. The van der Waals surface area contributed by atoms with E-state index >= 15 is 0 Å². The molecule has 0 saturated carbocycles. The summed E-state index contributed by atoms with van der Waals surface area (Å²) in [7, 11) is 1.70. The van der Waals surface area contributed by atoms with Crippen LogP contribution in [0.1, 0.15) is 36.6 Å². The SMILES string of the molecule is COc1ccc2cc(-c3[nH]ncc3CN3CCCC[C@@H]3c3ccccn3)ccc2c1. The number of aromatic amines is 1. The molecule has 2 aromatic heterocycles. The average Bonchev–Trinajstić information content (AvgIpc) is 3.27. The number of methoxy groups -OCH3 is 1. The Labute approximate surface area is 176 Å². The van der Waals surface area contributed by atoms with Gasteiger partial charge in [0.25, 0.3) is 0 Å². The molecule has 0 radical (unpaired) electrons. The highest BCUT2D eigenvalue weighted by Gasteiger charge is 2.26. The van der Waals surface area contributed by atoms with Crippen LogP contribution in [0.25, 0.3) is 22.0 Å². The lowest BCUT2D eigenvalue weighted by Gasteiger charge is -2.35. The number of nitrogens with one attached hydrogen (secondary N) is 1. The quantitative estimate of drug-likeness (QED) is 0.492. The van der Waals surface area contributed by atoms with Crippen molar-refractivity contribution in [2.75, 3.05) is 13.7 Å². The van der Waals surface area contributed by atoms with Gasteiger partial charge in [-0.15, -0.1) is 0 Å². The largest absolute Gasteiger partial charge is 0.497 e. The predicted molar refractivity (Wildman–Crippen MR) is 119 cm³/mol. The Hall–Kier alpha value is -3.18. The summed E-state index contributed by atoms with van der Waals surface area (Å²) in [6.07, 6.45) is 7.51. The summed E-state index contributed by atoms with van der Waals surface area (Å²) in [5.74, 6) is 0.878. The number of pyridine rings is 1. The average molecular weight is 399 g/mol. The molecule has 1 atom stereocenters. The minimum absolute atomic E-state index is 0.367. The smallest absolute Gasteiger partial charge is 0.119 e. The van der Waals surface area contributed by atoms with Crippen LogP contribution in [-0.4, -0.2) is 33.7 Å². The van der Waals surface area contributed by atoms with Crippen molar-refractivity contribution in [1.29, 1.82) is 0 Å². The molecular weight excluding hydrogens is 372 g/mol. The fourth-order valence-electron chi connectivity index (χ4n) is 4.49. The molecule has 1 fully saturated rings. The van der Waals surface area contributed by atoms with Crippen LogP contribution in [0.5, 0.6) is 5.75 Å². The van der Waals surface area contributed by atoms with Crippen molar-refractivity contribution >= 4 is 10.8 Å². The van der Waals surface area contributed by atoms with Gasteiger partial charge < -0.3 is 4.74 Å². The molecular formula is C25H26N4O. The van der Waals surface area contributed by atoms with Crippen molar-refractivity contribution < 1.29 is 4.74 Å². The molecule has 0 aliphatic carbocycles. The van der Waals surface area contributed by atoms with Crippen LogP contribution in [0.15, 0.2) is 67.0 Å². The number of hydrogen-bond acceptors (Lipinski definition) is 4. The standard InChI is InChI=1S/C25H26N4O/c1-30-22-11-10-18-14-20(9-8-19(18)15-22)25-21(16-27-28-25)17-29-13-5-3-7-24(29)23-6-2-4-12-26-23/h2,4,6,8-12,14-16,24H,3,5,7,13,17H2,1H3,(H,27,28)/t24-/m1/s1. The number of H-pyrrole nitrogens is 1. The summed E-state index contributed by atoms with van der Waals surface area (Å²) in [6, 6.07) is 19.3. The molecule has 0 spiro atoms. The van der Waals surface area contributed by atoms with E-state index in [0.717, 1.165) is 36.5 Å². The third-order valence-corrected chi connectivity index (χ3v) is 6.07. The topological polar surface area (TPSA) is 54.0 Å². The minimum atomic E-state index is 0.367. The normalized spacial score (nSPS) is 17.3. The van der Waals surface area contributed by atoms with E-state index in [1.807, 2.05) is 24.5 Å². The molecule has 1 aliphatic heterocycles. The Morgan fingerprint density at radius 1 is 1.07 bits per heavy atom. The Morgan fingerprint density at radius 2 is 1.97 bits per heavy atom. The Balaban J connectivity index is 1.44. The van der Waals surface area contributed by atoms with Crippen molar-refractivity contribution in [3.8, 4) is 17.0 Å². The molecule has 152 valence electrons. The maximum atomic E-state index is 5.35. The number of nitrogens with zero attached hydrogens (tertiary/aromatic N) is 3. The summed E-state index contributed by atoms with van der Waals surface area (Å²) in [4.78, 5) is 7.18. The van der Waals surface area contributed by atoms with Crippen LogP contribution in [0.2, 0.25) is 0 Å². The number of piperidine rings is 1. The molecule has 1 N–H and O–H groups in total. The van der Waals surface area contributed by atoms with E-state index in [2.05, 4.69) is 62.5 Å². The van der Waals surface area contributed by atoms with Gasteiger partial charge in [0.2, 0.25) is 0 Å². The molecule has 1 saturated heterocycles. The maximum Gasteiger partial charge on any atom is 0.119 e. The third-order valence-electron chi connectivity index (χ3n) is 6.07. The van der Waals surface area contributed by atoms with E-state index in [1.54, 1.807) is 7.11 Å². The first-order valence-corrected chi connectivity index (χ1v) is 10.6. The summed E-state index contributed by atoms with van der Waals surface area (Å²) in [5, 5.41) is 9.98. The molecule has 5 heteroatoms. The molecule has 1 aliphatic rings. The maximum absolute atomic E-state index is 5.35. The number of benzene rings is 2. The van der Waals surface area contributed by atoms with Crippen molar-refractivity contribution in [3.05, 3.63) is 78.2 Å². The first-order valence-electron chi connectivity index (χ1n) is 10.6. The second-order valence-electron chi connectivity index (χ2n) is 7.93. The van der Waals surface area contributed by atoms with Gasteiger partial charge in [-0.2, -0.15) is 5.10 Å². The van der Waals surface area contributed by atoms with Crippen molar-refractivity contribution in [1.82, 2.24) is 20.1 Å². The fraction of sp³-hybridized carbons (Fsp3) is 0.280. The van der Waals surface area contributed by atoms with Gasteiger partial charge in [0.05, 0.1) is 30.7 Å². The van der Waals surface area contributed by atoms with Gasteiger partial charge in [-0.3, -0.25) is 15.0 Å². The van der Waals surface area contributed by atoms with Crippen molar-refractivity contribution in [3.63, 3.8) is 0 Å². The number of aromatic nitrogens is 3. The Morgan fingerprint density at radius 3 is 2.83 bits per heavy atom. The number of likely N-dealkylation sites (tertiary alicyclic amines) is 1. The molecule has 3 heterocycles. The lowest BCUT2D eigenvalue weighted by molar-refractivity contribution is 0.137. The van der Waals surface area contributed by atoms with Crippen LogP contribution in [-0.2, 0) is 6.54 Å². The zero-order valence-corrected chi connectivity index (χ0v) is 17.2. The van der Waals surface area contributed by atoms with Crippen LogP contribution >= 0.6 is 0 Å². The van der Waals surface area contributed by atoms with Gasteiger partial charge in [-0.1, -0.05) is 30.7 Å². The Kier molecular flexibility index (Phi) is 5.20. The summed E-state index contributed by atoms with van der Waals surface area (Å²) < 4.78 is 5.35. The minimum Gasteiger partial charge on any atom is -0.497 e. The highest BCUT2D eigenvalue weighted by atomic mass is 16.5. The van der Waals surface area contributed by atoms with Crippen molar-refractivity contribution in [2.45, 2.75) is 31.8 Å². The van der Waals surface area contributed by atoms with Gasteiger partial charge in [-0.05, 0) is 60.5 Å². The highest BCUT2D eigenvalue weighted by molar-refractivity contribution is 5.88. The lowest BCUT2D eigenvalue weighted by atomic mass is 9.97. The number of hydrogen-bond donors (Lipinski definition) is 1. The molecule has 5 nitrogen and oxygen atoms in total. The number of fused-ring (bicyclic) bond motifs is 1. The zero-order valence-electron chi connectivity index (χ0n) is 17.2. The molecule has 4 aromatic rings. The lowest BCUT2D eigenvalue weighted by Crippen LogP contribution is -2.33. The fourth-order valence-corrected chi connectivity index (χ4v) is 4.49. The van der Waals surface area contributed by atoms with E-state index in [9.17, 15) is 0 Å². The van der Waals surface area contributed by atoms with Crippen LogP contribution < -0.4 is 4.74 Å². The van der Waals surface area contributed by atoms with E-state index in [1.165, 1.54) is 34.9 Å². The van der Waals surface area contributed by atoms with E-state index in [0.29, 0.717) is 6.04 Å². The first-order chi connectivity index (χ1) is 14.8. The number of rotatable bonds is 5. The Bertz CT molecular complexity index is 1140. The predicted octanol–water partition coefficient (Wildman–Crippen LogP) is 5.36.